The number of hydrogen-bond acceptors (Lipinski definition) is 4. The highest BCUT2D eigenvalue weighted by Crippen LogP contribution is 2.34. The van der Waals surface area contributed by atoms with Crippen molar-refractivity contribution < 1.29 is 9.47 Å². The Bertz CT molecular complexity index is 803. The molecule has 0 bridgehead atoms. The minimum absolute atomic E-state index is 0. The first-order chi connectivity index (χ1) is 14.2. The van der Waals surface area contributed by atoms with Crippen molar-refractivity contribution in [2.75, 3.05) is 20.7 Å². The Morgan fingerprint density at radius 2 is 2.07 bits per heavy atom. The van der Waals surface area contributed by atoms with Crippen molar-refractivity contribution in [1.29, 1.82) is 0 Å². The zero-order valence-corrected chi connectivity index (χ0v) is 20.5. The summed E-state index contributed by atoms with van der Waals surface area (Å²) in [5.74, 6) is 2.42. The lowest BCUT2D eigenvalue weighted by molar-refractivity contribution is 0.198. The molecule has 3 rings (SSSR count). The standard InChI is InChI=1S/C22H33N5O2.HI/c1-23-22(24-13-7-8-17-14-26-27(2)16-17)25-15-18-9-6-12-20(28-3)21(18)29-19-10-4-5-11-19;/h6,9,12,14,16,19H,4-5,7-8,10-11,13,15H2,1-3H3,(H2,23,24,25);1H. The topological polar surface area (TPSA) is 72.7 Å². The monoisotopic (exact) mass is 527 g/mol. The van der Waals surface area contributed by atoms with Crippen molar-refractivity contribution in [2.24, 2.45) is 12.0 Å². The second-order valence-corrected chi connectivity index (χ2v) is 7.45. The molecular formula is C22H34IN5O2. The zero-order chi connectivity index (χ0) is 20.5. The first-order valence-electron chi connectivity index (χ1n) is 10.4. The number of benzene rings is 1. The smallest absolute Gasteiger partial charge is 0.191 e. The number of aryl methyl sites for hydroxylation is 2. The van der Waals surface area contributed by atoms with Gasteiger partial charge in [-0.2, -0.15) is 5.10 Å². The summed E-state index contributed by atoms with van der Waals surface area (Å²) in [6, 6.07) is 6.04. The maximum absolute atomic E-state index is 6.31. The summed E-state index contributed by atoms with van der Waals surface area (Å²) in [6.45, 7) is 1.47. The summed E-state index contributed by atoms with van der Waals surface area (Å²) in [5.41, 5.74) is 2.33. The van der Waals surface area contributed by atoms with Crippen molar-refractivity contribution in [2.45, 2.75) is 51.2 Å². The van der Waals surface area contributed by atoms with Gasteiger partial charge in [0, 0.05) is 38.9 Å². The summed E-state index contributed by atoms with van der Waals surface area (Å²) in [5, 5.41) is 11.0. The van der Waals surface area contributed by atoms with Gasteiger partial charge in [0.25, 0.3) is 0 Å². The maximum Gasteiger partial charge on any atom is 0.191 e. The van der Waals surface area contributed by atoms with Gasteiger partial charge in [-0.05, 0) is 50.2 Å². The van der Waals surface area contributed by atoms with Gasteiger partial charge < -0.3 is 20.1 Å². The number of guanidine groups is 1. The van der Waals surface area contributed by atoms with E-state index in [-0.39, 0.29) is 30.1 Å². The molecule has 166 valence electrons. The Kier molecular flexibility index (Phi) is 10.3. The summed E-state index contributed by atoms with van der Waals surface area (Å²) < 4.78 is 13.7. The van der Waals surface area contributed by atoms with E-state index in [0.29, 0.717) is 6.54 Å². The molecule has 0 atom stereocenters. The van der Waals surface area contributed by atoms with Gasteiger partial charge >= 0.3 is 0 Å². The van der Waals surface area contributed by atoms with E-state index < -0.39 is 0 Å². The number of halogens is 1. The first-order valence-corrected chi connectivity index (χ1v) is 10.4. The van der Waals surface area contributed by atoms with Crippen molar-refractivity contribution in [1.82, 2.24) is 20.4 Å². The lowest BCUT2D eigenvalue weighted by Gasteiger charge is -2.20. The number of rotatable bonds is 9. The van der Waals surface area contributed by atoms with Gasteiger partial charge in [0.05, 0.1) is 19.4 Å². The number of aliphatic imine (C=N–C) groups is 1. The number of para-hydroxylation sites is 1. The van der Waals surface area contributed by atoms with Gasteiger partial charge in [-0.15, -0.1) is 24.0 Å². The predicted octanol–water partition coefficient (Wildman–Crippen LogP) is 3.67. The number of methoxy groups -OCH3 is 1. The van der Waals surface area contributed by atoms with E-state index in [2.05, 4.69) is 33.0 Å². The van der Waals surface area contributed by atoms with Crippen LogP contribution in [-0.2, 0) is 20.0 Å². The van der Waals surface area contributed by atoms with Crippen molar-refractivity contribution in [3.63, 3.8) is 0 Å². The largest absolute Gasteiger partial charge is 0.493 e. The number of ether oxygens (including phenoxy) is 2. The van der Waals surface area contributed by atoms with Gasteiger partial charge in [-0.3, -0.25) is 9.67 Å². The summed E-state index contributed by atoms with van der Waals surface area (Å²) in [7, 11) is 5.42. The summed E-state index contributed by atoms with van der Waals surface area (Å²) >= 11 is 0. The highest BCUT2D eigenvalue weighted by atomic mass is 127. The van der Waals surface area contributed by atoms with Crippen LogP contribution in [0.3, 0.4) is 0 Å². The van der Waals surface area contributed by atoms with Gasteiger partial charge in [0.1, 0.15) is 0 Å². The lowest BCUT2D eigenvalue weighted by Crippen LogP contribution is -2.37. The third-order valence-electron chi connectivity index (χ3n) is 5.23. The van der Waals surface area contributed by atoms with Crippen LogP contribution in [0.2, 0.25) is 0 Å². The Labute approximate surface area is 196 Å². The van der Waals surface area contributed by atoms with Crippen LogP contribution in [0.4, 0.5) is 0 Å². The van der Waals surface area contributed by atoms with Crippen LogP contribution in [-0.4, -0.2) is 42.5 Å². The number of aromatic nitrogens is 2. The minimum atomic E-state index is 0. The molecule has 1 fully saturated rings. The highest BCUT2D eigenvalue weighted by molar-refractivity contribution is 14.0. The van der Waals surface area contributed by atoms with Crippen LogP contribution in [0.25, 0.3) is 0 Å². The van der Waals surface area contributed by atoms with Crippen molar-refractivity contribution in [3.8, 4) is 11.5 Å². The number of nitrogens with one attached hydrogen (secondary N) is 2. The van der Waals surface area contributed by atoms with Crippen LogP contribution in [0.1, 0.15) is 43.2 Å². The molecule has 1 saturated carbocycles. The lowest BCUT2D eigenvalue weighted by atomic mass is 10.1. The number of nitrogens with zero attached hydrogens (tertiary/aromatic N) is 3. The normalized spacial score (nSPS) is 14.3. The Morgan fingerprint density at radius 3 is 2.73 bits per heavy atom. The van der Waals surface area contributed by atoms with E-state index in [0.717, 1.165) is 55.3 Å². The van der Waals surface area contributed by atoms with Gasteiger partial charge in [-0.1, -0.05) is 12.1 Å². The zero-order valence-electron chi connectivity index (χ0n) is 18.2. The van der Waals surface area contributed by atoms with E-state index in [4.69, 9.17) is 9.47 Å². The predicted molar refractivity (Wildman–Crippen MR) is 131 cm³/mol. The van der Waals surface area contributed by atoms with E-state index in [1.165, 1.54) is 18.4 Å². The minimum Gasteiger partial charge on any atom is -0.493 e. The van der Waals surface area contributed by atoms with Crippen molar-refractivity contribution in [3.05, 3.63) is 41.7 Å². The van der Waals surface area contributed by atoms with Crippen LogP contribution < -0.4 is 20.1 Å². The Hall–Kier alpha value is -1.97. The molecule has 8 heteroatoms. The molecule has 2 N–H and O–H groups in total. The summed E-state index contributed by atoms with van der Waals surface area (Å²) in [6.07, 6.45) is 11.0. The Morgan fingerprint density at radius 1 is 1.27 bits per heavy atom. The molecule has 0 spiro atoms. The second kappa shape index (κ2) is 12.7. The van der Waals surface area contributed by atoms with E-state index >= 15 is 0 Å². The van der Waals surface area contributed by atoms with Crippen LogP contribution in [0.15, 0.2) is 35.6 Å². The van der Waals surface area contributed by atoms with Gasteiger partial charge in [0.2, 0.25) is 0 Å². The molecule has 0 radical (unpaired) electrons. The average molecular weight is 527 g/mol. The SMILES string of the molecule is CN=C(NCCCc1cnn(C)c1)NCc1cccc(OC)c1OC1CCCC1.I. The maximum atomic E-state index is 6.31. The molecule has 0 unspecified atom stereocenters. The highest BCUT2D eigenvalue weighted by Gasteiger charge is 2.20. The fraction of sp³-hybridized carbons (Fsp3) is 0.545. The van der Waals surface area contributed by atoms with Crippen LogP contribution >= 0.6 is 24.0 Å². The number of hydrogen-bond donors (Lipinski definition) is 2. The van der Waals surface area contributed by atoms with Crippen molar-refractivity contribution >= 4 is 29.9 Å². The molecule has 0 amide bonds. The van der Waals surface area contributed by atoms with E-state index in [1.54, 1.807) is 14.2 Å². The molecule has 30 heavy (non-hydrogen) atoms. The summed E-state index contributed by atoms with van der Waals surface area (Å²) in [4.78, 5) is 4.33. The third-order valence-corrected chi connectivity index (χ3v) is 5.23. The van der Waals surface area contributed by atoms with Crippen LogP contribution in [0, 0.1) is 0 Å². The van der Waals surface area contributed by atoms with Crippen LogP contribution in [0.5, 0.6) is 11.5 Å². The quantitative estimate of drug-likeness (QED) is 0.226. The van der Waals surface area contributed by atoms with Gasteiger partial charge in [0.15, 0.2) is 17.5 Å². The molecule has 1 aromatic heterocycles. The third kappa shape index (κ3) is 7.07. The molecule has 7 nitrogen and oxygen atoms in total. The molecule has 2 aromatic rings. The second-order valence-electron chi connectivity index (χ2n) is 7.45. The first kappa shape index (κ1) is 24.3. The molecule has 0 saturated heterocycles. The fourth-order valence-corrected chi connectivity index (χ4v) is 3.67. The molecule has 1 aliphatic rings. The molecular weight excluding hydrogens is 493 g/mol. The average Bonchev–Trinajstić information content (AvgIpc) is 3.40. The molecule has 1 heterocycles. The molecule has 0 aliphatic heterocycles. The molecule has 1 aromatic carbocycles. The van der Waals surface area contributed by atoms with E-state index in [1.807, 2.05) is 30.1 Å². The van der Waals surface area contributed by atoms with E-state index in [9.17, 15) is 0 Å². The fourth-order valence-electron chi connectivity index (χ4n) is 3.67. The molecule has 1 aliphatic carbocycles. The Balaban J connectivity index is 0.00000320. The van der Waals surface area contributed by atoms with Gasteiger partial charge in [-0.25, -0.2) is 0 Å².